The van der Waals surface area contributed by atoms with Crippen LogP contribution < -0.4 is 10.9 Å². The molecule has 0 aliphatic carbocycles. The zero-order valence-electron chi connectivity index (χ0n) is 18.0. The average molecular weight is 444 g/mol. The van der Waals surface area contributed by atoms with E-state index in [4.69, 9.17) is 4.98 Å². The van der Waals surface area contributed by atoms with Crippen LogP contribution in [0.4, 0.5) is 5.69 Å². The minimum atomic E-state index is -0.123. The number of thioether (sulfide) groups is 1. The molecule has 0 saturated carbocycles. The Labute approximate surface area is 191 Å². The van der Waals surface area contributed by atoms with Crippen molar-refractivity contribution in [3.8, 4) is 0 Å². The number of carbonyl (C=O) groups is 1. The molecule has 1 amide bonds. The molecule has 0 atom stereocenters. The Morgan fingerprint density at radius 1 is 0.969 bits per heavy atom. The van der Waals surface area contributed by atoms with E-state index in [1.165, 1.54) is 17.3 Å². The van der Waals surface area contributed by atoms with Crippen LogP contribution in [0.3, 0.4) is 0 Å². The summed E-state index contributed by atoms with van der Waals surface area (Å²) in [4.78, 5) is 30.4. The molecule has 4 rings (SSSR count). The van der Waals surface area contributed by atoms with Gasteiger partial charge in [-0.25, -0.2) is 4.98 Å². The Kier molecular flexibility index (Phi) is 7.02. The van der Waals surface area contributed by atoms with Crippen molar-refractivity contribution < 1.29 is 4.79 Å². The first-order valence-electron chi connectivity index (χ1n) is 10.6. The predicted octanol–water partition coefficient (Wildman–Crippen LogP) is 5.07. The lowest BCUT2D eigenvalue weighted by molar-refractivity contribution is -0.113. The van der Waals surface area contributed by atoms with Crippen molar-refractivity contribution in [3.05, 3.63) is 100 Å². The number of fused-ring (bicyclic) bond motifs is 1. The standard InChI is InChI=1S/C26H25N3O2S/c1-19-10-5-7-15-22(19)27-24(30)18-32-26-28-23-16-8-6-14-21(23)25(31)29(26)17-9-13-20-11-3-2-4-12-20/h2-8,10-12,14-16H,9,13,17-18H2,1H3,(H,27,30). The highest BCUT2D eigenvalue weighted by Gasteiger charge is 2.14. The first-order chi connectivity index (χ1) is 15.6. The molecule has 1 heterocycles. The van der Waals surface area contributed by atoms with E-state index in [1.54, 1.807) is 10.6 Å². The molecular formula is C26H25N3O2S. The van der Waals surface area contributed by atoms with Gasteiger partial charge in [0.25, 0.3) is 5.56 Å². The molecule has 5 nitrogen and oxygen atoms in total. The Balaban J connectivity index is 1.52. The molecule has 0 spiro atoms. The van der Waals surface area contributed by atoms with Crippen molar-refractivity contribution in [3.63, 3.8) is 0 Å². The van der Waals surface area contributed by atoms with E-state index in [1.807, 2.05) is 67.6 Å². The van der Waals surface area contributed by atoms with Gasteiger partial charge in [0.1, 0.15) is 0 Å². The van der Waals surface area contributed by atoms with Crippen molar-refractivity contribution in [2.45, 2.75) is 31.5 Å². The maximum Gasteiger partial charge on any atom is 0.262 e. The van der Waals surface area contributed by atoms with E-state index >= 15 is 0 Å². The van der Waals surface area contributed by atoms with Crippen molar-refractivity contribution in [2.75, 3.05) is 11.1 Å². The number of carbonyl (C=O) groups excluding carboxylic acids is 1. The summed E-state index contributed by atoms with van der Waals surface area (Å²) < 4.78 is 1.71. The number of rotatable bonds is 8. The minimum absolute atomic E-state index is 0.0644. The van der Waals surface area contributed by atoms with Gasteiger partial charge >= 0.3 is 0 Å². The number of anilines is 1. The third-order valence-corrected chi connectivity index (χ3v) is 6.24. The fourth-order valence-corrected chi connectivity index (χ4v) is 4.40. The summed E-state index contributed by atoms with van der Waals surface area (Å²) in [6.07, 6.45) is 1.69. The summed E-state index contributed by atoms with van der Waals surface area (Å²) >= 11 is 1.30. The van der Waals surface area contributed by atoms with Gasteiger partial charge in [-0.3, -0.25) is 14.2 Å². The Bertz CT molecular complexity index is 1290. The number of hydrogen-bond donors (Lipinski definition) is 1. The van der Waals surface area contributed by atoms with Gasteiger partial charge in [0.2, 0.25) is 5.91 Å². The second-order valence-corrected chi connectivity index (χ2v) is 8.55. The van der Waals surface area contributed by atoms with Crippen molar-refractivity contribution >= 4 is 34.3 Å². The van der Waals surface area contributed by atoms with Crippen LogP contribution in [0, 0.1) is 6.92 Å². The van der Waals surface area contributed by atoms with Gasteiger partial charge in [-0.1, -0.05) is 72.4 Å². The zero-order valence-corrected chi connectivity index (χ0v) is 18.8. The van der Waals surface area contributed by atoms with E-state index in [9.17, 15) is 9.59 Å². The van der Waals surface area contributed by atoms with Crippen LogP contribution in [0.5, 0.6) is 0 Å². The molecule has 0 aliphatic rings. The van der Waals surface area contributed by atoms with E-state index in [2.05, 4.69) is 17.4 Å². The maximum atomic E-state index is 13.2. The highest BCUT2D eigenvalue weighted by molar-refractivity contribution is 7.99. The third-order valence-electron chi connectivity index (χ3n) is 5.27. The lowest BCUT2D eigenvalue weighted by Gasteiger charge is -2.13. The summed E-state index contributed by atoms with van der Waals surface area (Å²) in [6.45, 7) is 2.51. The maximum absolute atomic E-state index is 13.2. The van der Waals surface area contributed by atoms with Gasteiger partial charge in [0, 0.05) is 12.2 Å². The van der Waals surface area contributed by atoms with Crippen LogP contribution in [-0.2, 0) is 17.8 Å². The summed E-state index contributed by atoms with van der Waals surface area (Å²) in [5, 5.41) is 4.11. The first-order valence-corrected chi connectivity index (χ1v) is 11.6. The Morgan fingerprint density at radius 3 is 2.50 bits per heavy atom. The van der Waals surface area contributed by atoms with Crippen molar-refractivity contribution in [1.29, 1.82) is 0 Å². The van der Waals surface area contributed by atoms with Gasteiger partial charge in [-0.05, 0) is 49.1 Å². The highest BCUT2D eigenvalue weighted by Crippen LogP contribution is 2.20. The second-order valence-electron chi connectivity index (χ2n) is 7.61. The van der Waals surface area contributed by atoms with Crippen LogP contribution in [0.1, 0.15) is 17.5 Å². The van der Waals surface area contributed by atoms with E-state index in [0.29, 0.717) is 22.6 Å². The molecule has 6 heteroatoms. The van der Waals surface area contributed by atoms with Crippen LogP contribution in [0.25, 0.3) is 10.9 Å². The Hall–Kier alpha value is -3.38. The topological polar surface area (TPSA) is 64.0 Å². The molecule has 0 aliphatic heterocycles. The lowest BCUT2D eigenvalue weighted by Crippen LogP contribution is -2.24. The van der Waals surface area contributed by atoms with Gasteiger partial charge in [-0.15, -0.1) is 0 Å². The first kappa shape index (κ1) is 21.8. The number of hydrogen-bond acceptors (Lipinski definition) is 4. The number of para-hydroxylation sites is 2. The summed E-state index contributed by atoms with van der Waals surface area (Å²) in [6, 6.07) is 25.2. The Morgan fingerprint density at radius 2 is 1.69 bits per heavy atom. The van der Waals surface area contributed by atoms with Crippen molar-refractivity contribution in [1.82, 2.24) is 9.55 Å². The summed E-state index contributed by atoms with van der Waals surface area (Å²) in [5.41, 5.74) is 3.63. The second kappa shape index (κ2) is 10.3. The molecule has 162 valence electrons. The molecule has 3 aromatic carbocycles. The van der Waals surface area contributed by atoms with Crippen LogP contribution in [0.15, 0.2) is 88.8 Å². The number of amides is 1. The number of aryl methyl sites for hydroxylation is 2. The molecule has 0 unspecified atom stereocenters. The quantitative estimate of drug-likeness (QED) is 0.305. The smallest absolute Gasteiger partial charge is 0.262 e. The fraction of sp³-hybridized carbons (Fsp3) is 0.192. The molecule has 4 aromatic rings. The minimum Gasteiger partial charge on any atom is -0.325 e. The molecule has 1 N–H and O–H groups in total. The summed E-state index contributed by atoms with van der Waals surface area (Å²) in [5.74, 6) is 0.0557. The average Bonchev–Trinajstić information content (AvgIpc) is 2.81. The van der Waals surface area contributed by atoms with Gasteiger partial charge in [-0.2, -0.15) is 0 Å². The summed E-state index contributed by atoms with van der Waals surface area (Å²) in [7, 11) is 0. The number of nitrogens with one attached hydrogen (secondary N) is 1. The molecule has 0 bridgehead atoms. The van der Waals surface area contributed by atoms with E-state index < -0.39 is 0 Å². The third kappa shape index (κ3) is 5.26. The van der Waals surface area contributed by atoms with Gasteiger partial charge in [0.05, 0.1) is 16.7 Å². The van der Waals surface area contributed by atoms with Crippen LogP contribution in [-0.4, -0.2) is 21.2 Å². The van der Waals surface area contributed by atoms with Gasteiger partial charge in [0.15, 0.2) is 5.16 Å². The zero-order chi connectivity index (χ0) is 22.3. The fourth-order valence-electron chi connectivity index (χ4n) is 3.57. The SMILES string of the molecule is Cc1ccccc1NC(=O)CSc1nc2ccccc2c(=O)n1CCCc1ccccc1. The molecule has 32 heavy (non-hydrogen) atoms. The molecular weight excluding hydrogens is 418 g/mol. The highest BCUT2D eigenvalue weighted by atomic mass is 32.2. The van der Waals surface area contributed by atoms with Crippen LogP contribution in [0.2, 0.25) is 0 Å². The predicted molar refractivity (Wildman–Crippen MR) is 131 cm³/mol. The van der Waals surface area contributed by atoms with Crippen molar-refractivity contribution in [2.24, 2.45) is 0 Å². The number of aromatic nitrogens is 2. The lowest BCUT2D eigenvalue weighted by atomic mass is 10.1. The van der Waals surface area contributed by atoms with E-state index in [0.717, 1.165) is 24.1 Å². The number of benzene rings is 3. The van der Waals surface area contributed by atoms with Gasteiger partial charge < -0.3 is 5.32 Å². The molecule has 0 saturated heterocycles. The molecule has 1 aromatic heterocycles. The van der Waals surface area contributed by atoms with Crippen LogP contribution >= 0.6 is 11.8 Å². The molecule has 0 radical (unpaired) electrons. The normalized spacial score (nSPS) is 10.9. The largest absolute Gasteiger partial charge is 0.325 e. The monoisotopic (exact) mass is 443 g/mol. The molecule has 0 fully saturated rings. The van der Waals surface area contributed by atoms with E-state index in [-0.39, 0.29) is 17.2 Å². The number of nitrogens with zero attached hydrogens (tertiary/aromatic N) is 2.